The molecule has 0 bridgehead atoms. The van der Waals surface area contributed by atoms with E-state index in [1.54, 1.807) is 17.4 Å². The molecule has 0 saturated carbocycles. The maximum Gasteiger partial charge on any atom is 0.124 e. The van der Waals surface area contributed by atoms with E-state index >= 15 is 0 Å². The Labute approximate surface area is 128 Å². The van der Waals surface area contributed by atoms with E-state index in [-0.39, 0.29) is 11.9 Å². The van der Waals surface area contributed by atoms with Gasteiger partial charge in [0.2, 0.25) is 0 Å². The highest BCUT2D eigenvalue weighted by molar-refractivity contribution is 7.09. The highest BCUT2D eigenvalue weighted by Crippen LogP contribution is 2.28. The van der Waals surface area contributed by atoms with E-state index in [4.69, 9.17) is 22.7 Å². The molecule has 0 aliphatic heterocycles. The van der Waals surface area contributed by atoms with E-state index in [1.807, 2.05) is 18.2 Å². The topological polar surface area (TPSA) is 53.1 Å². The Bertz CT molecular complexity index is 593. The molecule has 0 fully saturated rings. The van der Waals surface area contributed by atoms with Gasteiger partial charge in [-0.25, -0.2) is 0 Å². The molecule has 0 spiro atoms. The van der Waals surface area contributed by atoms with Crippen LogP contribution in [-0.2, 0) is 6.54 Å². The van der Waals surface area contributed by atoms with Gasteiger partial charge in [0.25, 0.3) is 0 Å². The van der Waals surface area contributed by atoms with Crippen molar-refractivity contribution >= 4 is 34.5 Å². The molecule has 106 valence electrons. The van der Waals surface area contributed by atoms with Crippen LogP contribution in [0.2, 0.25) is 5.02 Å². The van der Waals surface area contributed by atoms with Crippen molar-refractivity contribution in [2.45, 2.75) is 26.4 Å². The number of rotatable bonds is 5. The molecule has 0 aliphatic rings. The van der Waals surface area contributed by atoms with Crippen molar-refractivity contribution in [1.29, 1.82) is 5.41 Å². The van der Waals surface area contributed by atoms with Gasteiger partial charge in [-0.15, -0.1) is 11.3 Å². The van der Waals surface area contributed by atoms with Gasteiger partial charge in [-0.3, -0.25) is 5.41 Å². The molecule has 0 radical (unpaired) electrons. The van der Waals surface area contributed by atoms with Crippen LogP contribution >= 0.6 is 22.9 Å². The predicted molar refractivity (Wildman–Crippen MR) is 88.1 cm³/mol. The molecule has 2 aromatic rings. The lowest BCUT2D eigenvalue weighted by molar-refractivity contribution is 0.686. The fourth-order valence-electron chi connectivity index (χ4n) is 2.09. The third-order valence-electron chi connectivity index (χ3n) is 3.09. The molecule has 2 rings (SSSR count). The molecule has 3 nitrogen and oxygen atoms in total. The van der Waals surface area contributed by atoms with Gasteiger partial charge in [0.1, 0.15) is 5.84 Å². The molecule has 0 aliphatic carbocycles. The minimum absolute atomic E-state index is 0.0634. The van der Waals surface area contributed by atoms with Gasteiger partial charge >= 0.3 is 0 Å². The minimum Gasteiger partial charge on any atom is -0.384 e. The van der Waals surface area contributed by atoms with E-state index < -0.39 is 0 Å². The number of hydrogen-bond acceptors (Lipinski definition) is 3. The van der Waals surface area contributed by atoms with Gasteiger partial charge < -0.3 is 10.6 Å². The summed E-state index contributed by atoms with van der Waals surface area (Å²) < 4.78 is 0. The van der Waals surface area contributed by atoms with Crippen LogP contribution in [0.3, 0.4) is 0 Å². The number of nitrogens with two attached hydrogens (primary N) is 1. The van der Waals surface area contributed by atoms with Crippen LogP contribution in [0.5, 0.6) is 0 Å². The summed E-state index contributed by atoms with van der Waals surface area (Å²) in [5.74, 6) is 0.0634. The summed E-state index contributed by atoms with van der Waals surface area (Å²) in [5.41, 5.74) is 7.32. The number of anilines is 1. The van der Waals surface area contributed by atoms with Crippen molar-refractivity contribution in [1.82, 2.24) is 0 Å². The minimum atomic E-state index is 0.0634. The molecule has 5 heteroatoms. The smallest absolute Gasteiger partial charge is 0.124 e. The first-order chi connectivity index (χ1) is 9.49. The third-order valence-corrected chi connectivity index (χ3v) is 4.19. The van der Waals surface area contributed by atoms with Gasteiger partial charge in [-0.1, -0.05) is 17.7 Å². The molecule has 20 heavy (non-hydrogen) atoms. The average Bonchev–Trinajstić information content (AvgIpc) is 2.87. The molecule has 3 N–H and O–H groups in total. The highest BCUT2D eigenvalue weighted by Gasteiger charge is 2.17. The lowest BCUT2D eigenvalue weighted by atomic mass is 10.1. The first kappa shape index (κ1) is 14.9. The molecule has 1 aromatic carbocycles. The normalized spacial score (nSPS) is 10.8. The van der Waals surface area contributed by atoms with Crippen LogP contribution in [-0.4, -0.2) is 11.9 Å². The SMILES string of the molecule is CC(C)N(Cc1cccs1)c1cc(Cl)ccc1C(=N)N. The number of nitrogens with zero attached hydrogens (tertiary/aromatic N) is 1. The third kappa shape index (κ3) is 3.32. The van der Waals surface area contributed by atoms with E-state index in [1.165, 1.54) is 4.88 Å². The number of hydrogen-bond donors (Lipinski definition) is 2. The quantitative estimate of drug-likeness (QED) is 0.645. The average molecular weight is 308 g/mol. The summed E-state index contributed by atoms with van der Waals surface area (Å²) in [6, 6.07) is 9.90. The van der Waals surface area contributed by atoms with Gasteiger partial charge in [0.15, 0.2) is 0 Å². The number of nitrogen functional groups attached to an aromatic ring is 1. The maximum atomic E-state index is 7.74. The second kappa shape index (κ2) is 6.29. The van der Waals surface area contributed by atoms with Crippen molar-refractivity contribution in [2.75, 3.05) is 4.90 Å². The van der Waals surface area contributed by atoms with Gasteiger partial charge in [-0.2, -0.15) is 0 Å². The van der Waals surface area contributed by atoms with Gasteiger partial charge in [-0.05, 0) is 43.5 Å². The van der Waals surface area contributed by atoms with Crippen molar-refractivity contribution in [3.8, 4) is 0 Å². The Kier molecular flexibility index (Phi) is 4.68. The van der Waals surface area contributed by atoms with Crippen molar-refractivity contribution in [2.24, 2.45) is 5.73 Å². The van der Waals surface area contributed by atoms with Gasteiger partial charge in [0, 0.05) is 27.2 Å². The van der Waals surface area contributed by atoms with Crippen LogP contribution in [0.1, 0.15) is 24.3 Å². The lowest BCUT2D eigenvalue weighted by Crippen LogP contribution is -2.32. The summed E-state index contributed by atoms with van der Waals surface area (Å²) in [6.07, 6.45) is 0. The number of halogens is 1. The fourth-order valence-corrected chi connectivity index (χ4v) is 2.96. The molecule has 0 unspecified atom stereocenters. The Hall–Kier alpha value is -1.52. The Morgan fingerprint density at radius 2 is 2.15 bits per heavy atom. The molecule has 1 aromatic heterocycles. The van der Waals surface area contributed by atoms with E-state index in [9.17, 15) is 0 Å². The first-order valence-corrected chi connectivity index (χ1v) is 7.67. The Morgan fingerprint density at radius 3 is 2.70 bits per heavy atom. The van der Waals surface area contributed by atoms with Crippen LogP contribution in [0.15, 0.2) is 35.7 Å². The predicted octanol–water partition coefficient (Wildman–Crippen LogP) is 4.10. The monoisotopic (exact) mass is 307 g/mol. The van der Waals surface area contributed by atoms with Crippen LogP contribution < -0.4 is 10.6 Å². The van der Waals surface area contributed by atoms with Crippen molar-refractivity contribution < 1.29 is 0 Å². The number of amidine groups is 1. The maximum absolute atomic E-state index is 7.74. The van der Waals surface area contributed by atoms with E-state index in [0.717, 1.165) is 17.8 Å². The summed E-state index contributed by atoms with van der Waals surface area (Å²) in [7, 11) is 0. The zero-order chi connectivity index (χ0) is 14.7. The zero-order valence-electron chi connectivity index (χ0n) is 11.6. The van der Waals surface area contributed by atoms with E-state index in [2.05, 4.69) is 30.2 Å². The van der Waals surface area contributed by atoms with Crippen molar-refractivity contribution in [3.05, 3.63) is 51.2 Å². The summed E-state index contributed by atoms with van der Waals surface area (Å²) in [5, 5.41) is 10.5. The summed E-state index contributed by atoms with van der Waals surface area (Å²) in [6.45, 7) is 5.03. The molecule has 0 saturated heterocycles. The van der Waals surface area contributed by atoms with E-state index in [0.29, 0.717) is 5.02 Å². The van der Waals surface area contributed by atoms with Gasteiger partial charge in [0.05, 0.1) is 6.54 Å². The largest absolute Gasteiger partial charge is 0.384 e. The molecule has 0 amide bonds. The second-order valence-corrected chi connectivity index (χ2v) is 6.34. The van der Waals surface area contributed by atoms with Crippen LogP contribution in [0.4, 0.5) is 5.69 Å². The second-order valence-electron chi connectivity index (χ2n) is 4.88. The van der Waals surface area contributed by atoms with Crippen molar-refractivity contribution in [3.63, 3.8) is 0 Å². The van der Waals surface area contributed by atoms with Crippen LogP contribution in [0.25, 0.3) is 0 Å². The zero-order valence-corrected chi connectivity index (χ0v) is 13.1. The molecule has 0 atom stereocenters. The Morgan fingerprint density at radius 1 is 1.40 bits per heavy atom. The highest BCUT2D eigenvalue weighted by atomic mass is 35.5. The molecular formula is C15H18ClN3S. The summed E-state index contributed by atoms with van der Waals surface area (Å²) >= 11 is 7.84. The summed E-state index contributed by atoms with van der Waals surface area (Å²) in [4.78, 5) is 3.49. The number of benzene rings is 1. The van der Waals surface area contributed by atoms with Crippen LogP contribution in [0, 0.1) is 5.41 Å². The fraction of sp³-hybridized carbons (Fsp3) is 0.267. The molecular weight excluding hydrogens is 290 g/mol. The first-order valence-electron chi connectivity index (χ1n) is 6.42. The molecule has 1 heterocycles. The lowest BCUT2D eigenvalue weighted by Gasteiger charge is -2.30. The number of thiophene rings is 1. The Balaban J connectivity index is 2.43. The standard InChI is InChI=1S/C15H18ClN3S/c1-10(2)19(9-12-4-3-7-20-12)14-8-11(16)5-6-13(14)15(17)18/h3-8,10H,9H2,1-2H3,(H3,17,18). The number of nitrogens with one attached hydrogen (secondary N) is 1.